The molecule has 0 unspecified atom stereocenters. The smallest absolute Gasteiger partial charge is 0.257 e. The van der Waals surface area contributed by atoms with E-state index < -0.39 is 0 Å². The second-order valence-electron chi connectivity index (χ2n) is 5.92. The average molecular weight is 337 g/mol. The van der Waals surface area contributed by atoms with E-state index in [1.54, 1.807) is 10.7 Å². The first-order valence-electron chi connectivity index (χ1n) is 8.24. The molecular formula is C17H27N3O4. The Morgan fingerprint density at radius 1 is 1.00 bits per heavy atom. The van der Waals surface area contributed by atoms with Crippen molar-refractivity contribution in [1.82, 2.24) is 9.61 Å². The van der Waals surface area contributed by atoms with Crippen molar-refractivity contribution in [3.63, 3.8) is 0 Å². The van der Waals surface area contributed by atoms with Gasteiger partial charge in [0.05, 0.1) is 25.4 Å². The third-order valence-corrected chi connectivity index (χ3v) is 3.19. The van der Waals surface area contributed by atoms with Gasteiger partial charge in [0.2, 0.25) is 0 Å². The van der Waals surface area contributed by atoms with Gasteiger partial charge in [-0.25, -0.2) is 4.52 Å². The topological polar surface area (TPSA) is 80.2 Å². The highest BCUT2D eigenvalue weighted by atomic mass is 16.5. The molecule has 134 valence electrons. The molecule has 0 saturated carbocycles. The van der Waals surface area contributed by atoms with Gasteiger partial charge in [-0.3, -0.25) is 0 Å². The standard InChI is InChI=1S/C17H27N3O4/c1-12(2)21-8-10-23-14-6-5-7-20-16(14)15(18)17(19-20)24-11-9-22-13(3)4/h5-7,12-13H,8-11,18H2,1-4H3. The van der Waals surface area contributed by atoms with Crippen LogP contribution in [-0.4, -0.2) is 48.2 Å². The van der Waals surface area contributed by atoms with Crippen LogP contribution in [-0.2, 0) is 9.47 Å². The Kier molecular flexibility index (Phi) is 6.69. The lowest BCUT2D eigenvalue weighted by atomic mass is 10.3. The van der Waals surface area contributed by atoms with Gasteiger partial charge in [0.1, 0.15) is 30.2 Å². The third-order valence-electron chi connectivity index (χ3n) is 3.19. The Bertz CT molecular complexity index is 640. The van der Waals surface area contributed by atoms with Crippen molar-refractivity contribution in [2.45, 2.75) is 39.9 Å². The lowest BCUT2D eigenvalue weighted by Gasteiger charge is -2.10. The van der Waals surface area contributed by atoms with Crippen LogP contribution in [0, 0.1) is 0 Å². The number of nitrogens with zero attached hydrogens (tertiary/aromatic N) is 2. The number of fused-ring (bicyclic) bond motifs is 1. The molecule has 0 aromatic carbocycles. The molecule has 0 saturated heterocycles. The summed E-state index contributed by atoms with van der Waals surface area (Å²) in [5.74, 6) is 1.04. The zero-order chi connectivity index (χ0) is 17.5. The molecule has 2 N–H and O–H groups in total. The summed E-state index contributed by atoms with van der Waals surface area (Å²) in [6.07, 6.45) is 2.15. The van der Waals surface area contributed by atoms with Crippen molar-refractivity contribution in [2.24, 2.45) is 0 Å². The van der Waals surface area contributed by atoms with E-state index in [2.05, 4.69) is 5.10 Å². The maximum Gasteiger partial charge on any atom is 0.257 e. The Morgan fingerprint density at radius 2 is 1.62 bits per heavy atom. The van der Waals surface area contributed by atoms with E-state index >= 15 is 0 Å². The molecule has 0 aliphatic rings. The molecule has 0 fully saturated rings. The second kappa shape index (κ2) is 8.75. The first kappa shape index (κ1) is 18.4. The van der Waals surface area contributed by atoms with Gasteiger partial charge in [-0.1, -0.05) is 0 Å². The fourth-order valence-corrected chi connectivity index (χ4v) is 2.15. The molecule has 2 rings (SSSR count). The Labute approximate surface area is 142 Å². The van der Waals surface area contributed by atoms with Crippen LogP contribution in [0.2, 0.25) is 0 Å². The number of nitrogen functional groups attached to an aromatic ring is 1. The van der Waals surface area contributed by atoms with Gasteiger partial charge in [0.25, 0.3) is 5.88 Å². The number of hydrogen-bond acceptors (Lipinski definition) is 6. The van der Waals surface area contributed by atoms with Crippen LogP contribution in [0.25, 0.3) is 5.52 Å². The fourth-order valence-electron chi connectivity index (χ4n) is 2.15. The van der Waals surface area contributed by atoms with E-state index in [0.717, 1.165) is 0 Å². The predicted molar refractivity (Wildman–Crippen MR) is 92.8 cm³/mol. The van der Waals surface area contributed by atoms with Crippen molar-refractivity contribution in [3.05, 3.63) is 18.3 Å². The Balaban J connectivity index is 2.02. The Morgan fingerprint density at radius 3 is 2.25 bits per heavy atom. The third kappa shape index (κ3) is 5.01. The van der Waals surface area contributed by atoms with E-state index in [1.165, 1.54) is 0 Å². The highest BCUT2D eigenvalue weighted by Crippen LogP contribution is 2.32. The molecule has 7 nitrogen and oxygen atoms in total. The van der Waals surface area contributed by atoms with Gasteiger partial charge in [0, 0.05) is 6.20 Å². The molecule has 0 radical (unpaired) electrons. The number of ether oxygens (including phenoxy) is 4. The SMILES string of the molecule is CC(C)OCCOc1nn2cccc(OCCOC(C)C)c2c1N. The molecule has 0 aliphatic heterocycles. The van der Waals surface area contributed by atoms with Crippen molar-refractivity contribution < 1.29 is 18.9 Å². The van der Waals surface area contributed by atoms with E-state index in [4.69, 9.17) is 24.7 Å². The summed E-state index contributed by atoms with van der Waals surface area (Å²) < 4.78 is 24.0. The summed E-state index contributed by atoms with van der Waals surface area (Å²) >= 11 is 0. The normalized spacial score (nSPS) is 11.6. The average Bonchev–Trinajstić information content (AvgIpc) is 2.85. The van der Waals surface area contributed by atoms with Gasteiger partial charge in [0.15, 0.2) is 0 Å². The summed E-state index contributed by atoms with van der Waals surface area (Å²) in [5, 5.41) is 4.35. The molecule has 0 spiro atoms. The summed E-state index contributed by atoms with van der Waals surface area (Å²) in [4.78, 5) is 0. The number of anilines is 1. The van der Waals surface area contributed by atoms with Crippen LogP contribution >= 0.6 is 0 Å². The van der Waals surface area contributed by atoms with Crippen molar-refractivity contribution in [1.29, 1.82) is 0 Å². The largest absolute Gasteiger partial charge is 0.489 e. The number of pyridine rings is 1. The van der Waals surface area contributed by atoms with Crippen LogP contribution in [0.4, 0.5) is 5.69 Å². The summed E-state index contributed by atoms with van der Waals surface area (Å²) in [6.45, 7) is 9.78. The molecule has 2 aromatic heterocycles. The molecule has 0 aliphatic carbocycles. The van der Waals surface area contributed by atoms with Gasteiger partial charge in [-0.05, 0) is 39.8 Å². The van der Waals surface area contributed by atoms with Crippen LogP contribution < -0.4 is 15.2 Å². The highest BCUT2D eigenvalue weighted by Gasteiger charge is 2.15. The second-order valence-corrected chi connectivity index (χ2v) is 5.92. The molecule has 2 aromatic rings. The number of rotatable bonds is 10. The zero-order valence-electron chi connectivity index (χ0n) is 14.8. The van der Waals surface area contributed by atoms with Crippen LogP contribution in [0.1, 0.15) is 27.7 Å². The number of nitrogens with two attached hydrogens (primary N) is 1. The molecule has 0 bridgehead atoms. The zero-order valence-corrected chi connectivity index (χ0v) is 14.8. The van der Waals surface area contributed by atoms with Crippen LogP contribution in [0.5, 0.6) is 11.6 Å². The molecule has 24 heavy (non-hydrogen) atoms. The lowest BCUT2D eigenvalue weighted by molar-refractivity contribution is 0.0543. The number of aromatic nitrogens is 2. The van der Waals surface area contributed by atoms with E-state index in [1.807, 2.05) is 39.8 Å². The number of hydrogen-bond donors (Lipinski definition) is 1. The maximum absolute atomic E-state index is 6.17. The van der Waals surface area contributed by atoms with Gasteiger partial charge in [-0.2, -0.15) is 0 Å². The predicted octanol–water partition coefficient (Wildman–Crippen LogP) is 2.52. The van der Waals surface area contributed by atoms with Crippen molar-refractivity contribution in [3.8, 4) is 11.6 Å². The van der Waals surface area contributed by atoms with Gasteiger partial charge >= 0.3 is 0 Å². The van der Waals surface area contributed by atoms with Gasteiger partial charge < -0.3 is 24.7 Å². The quantitative estimate of drug-likeness (QED) is 0.671. The van der Waals surface area contributed by atoms with Crippen molar-refractivity contribution in [2.75, 3.05) is 32.2 Å². The molecular weight excluding hydrogens is 310 g/mol. The van der Waals surface area contributed by atoms with E-state index in [-0.39, 0.29) is 12.2 Å². The van der Waals surface area contributed by atoms with Crippen LogP contribution in [0.3, 0.4) is 0 Å². The Hall–Kier alpha value is -1.99. The molecule has 0 amide bonds. The van der Waals surface area contributed by atoms with Crippen LogP contribution in [0.15, 0.2) is 18.3 Å². The van der Waals surface area contributed by atoms with Crippen molar-refractivity contribution >= 4 is 11.2 Å². The molecule has 7 heteroatoms. The lowest BCUT2D eigenvalue weighted by Crippen LogP contribution is -2.12. The summed E-state index contributed by atoms with van der Waals surface area (Å²) in [5.41, 5.74) is 7.33. The molecule has 0 atom stereocenters. The minimum atomic E-state index is 0.167. The monoisotopic (exact) mass is 337 g/mol. The minimum absolute atomic E-state index is 0.167. The highest BCUT2D eigenvalue weighted by molar-refractivity contribution is 5.80. The minimum Gasteiger partial charge on any atom is -0.489 e. The maximum atomic E-state index is 6.17. The molecule has 2 heterocycles. The first-order chi connectivity index (χ1) is 11.5. The van der Waals surface area contributed by atoms with E-state index in [0.29, 0.717) is 49.3 Å². The fraction of sp³-hybridized carbons (Fsp3) is 0.588. The summed E-state index contributed by atoms with van der Waals surface area (Å²) in [7, 11) is 0. The first-order valence-corrected chi connectivity index (χ1v) is 8.24. The summed E-state index contributed by atoms with van der Waals surface area (Å²) in [6, 6.07) is 3.71. The van der Waals surface area contributed by atoms with Gasteiger partial charge in [-0.15, -0.1) is 5.10 Å². The van der Waals surface area contributed by atoms with E-state index in [9.17, 15) is 0 Å².